The zero-order valence-corrected chi connectivity index (χ0v) is 19.3. The van der Waals surface area contributed by atoms with E-state index in [4.69, 9.17) is 4.74 Å². The lowest BCUT2D eigenvalue weighted by atomic mass is 9.87. The number of amides is 2. The van der Waals surface area contributed by atoms with E-state index < -0.39 is 10.0 Å². The lowest BCUT2D eigenvalue weighted by Crippen LogP contribution is -2.48. The summed E-state index contributed by atoms with van der Waals surface area (Å²) < 4.78 is 32.4. The number of nitrogens with one attached hydrogen (secondary N) is 1. The highest BCUT2D eigenvalue weighted by molar-refractivity contribution is 7.89. The Labute approximate surface area is 190 Å². The number of hydrogen-bond acceptors (Lipinski definition) is 5. The van der Waals surface area contributed by atoms with Gasteiger partial charge < -0.3 is 15.0 Å². The molecule has 3 fully saturated rings. The van der Waals surface area contributed by atoms with Gasteiger partial charge in [-0.1, -0.05) is 25.3 Å². The molecule has 0 unspecified atom stereocenters. The second-order valence-corrected chi connectivity index (χ2v) is 10.9. The van der Waals surface area contributed by atoms with Crippen LogP contribution in [0.4, 0.5) is 0 Å². The third-order valence-corrected chi connectivity index (χ3v) is 8.69. The van der Waals surface area contributed by atoms with Crippen LogP contribution in [0, 0.1) is 5.92 Å². The zero-order valence-electron chi connectivity index (χ0n) is 18.5. The van der Waals surface area contributed by atoms with Gasteiger partial charge in [-0.2, -0.15) is 4.31 Å². The van der Waals surface area contributed by atoms with Crippen LogP contribution in [0.15, 0.2) is 29.2 Å². The van der Waals surface area contributed by atoms with E-state index in [-0.39, 0.29) is 28.7 Å². The van der Waals surface area contributed by atoms with E-state index in [9.17, 15) is 18.0 Å². The van der Waals surface area contributed by atoms with Crippen LogP contribution in [0.2, 0.25) is 0 Å². The Morgan fingerprint density at radius 1 is 0.938 bits per heavy atom. The first-order valence-electron chi connectivity index (χ1n) is 11.7. The smallest absolute Gasteiger partial charge is 0.251 e. The Kier molecular flexibility index (Phi) is 7.48. The van der Waals surface area contributed by atoms with Gasteiger partial charge in [-0.15, -0.1) is 0 Å². The molecule has 0 radical (unpaired) electrons. The van der Waals surface area contributed by atoms with Gasteiger partial charge in [0.25, 0.3) is 5.91 Å². The Hall–Kier alpha value is -1.97. The molecule has 2 aliphatic heterocycles. The van der Waals surface area contributed by atoms with Crippen molar-refractivity contribution in [2.45, 2.75) is 55.9 Å². The van der Waals surface area contributed by atoms with Gasteiger partial charge >= 0.3 is 0 Å². The molecule has 3 aliphatic rings. The maximum atomic E-state index is 12.9. The molecule has 1 aromatic carbocycles. The fourth-order valence-corrected chi connectivity index (χ4v) is 6.31. The highest BCUT2D eigenvalue weighted by Gasteiger charge is 2.30. The fourth-order valence-electron chi connectivity index (χ4n) is 4.85. The van der Waals surface area contributed by atoms with Gasteiger partial charge in [0.05, 0.1) is 18.1 Å². The van der Waals surface area contributed by atoms with Gasteiger partial charge in [-0.25, -0.2) is 8.42 Å². The van der Waals surface area contributed by atoms with E-state index in [1.165, 1.54) is 22.9 Å². The van der Waals surface area contributed by atoms with Crippen LogP contribution in [0.1, 0.15) is 55.3 Å². The minimum absolute atomic E-state index is 0.0163. The molecule has 2 amide bonds. The number of benzene rings is 1. The van der Waals surface area contributed by atoms with E-state index in [1.807, 2.05) is 4.90 Å². The van der Waals surface area contributed by atoms with Crippen LogP contribution in [-0.2, 0) is 19.6 Å². The number of carbonyl (C=O) groups excluding carboxylic acids is 2. The summed E-state index contributed by atoms with van der Waals surface area (Å²) in [5, 5.41) is 3.03. The number of rotatable bonds is 5. The summed E-state index contributed by atoms with van der Waals surface area (Å²) >= 11 is 0. The molecule has 2 saturated heterocycles. The molecule has 0 spiro atoms. The van der Waals surface area contributed by atoms with Crippen molar-refractivity contribution in [2.24, 2.45) is 5.92 Å². The molecule has 9 heteroatoms. The van der Waals surface area contributed by atoms with E-state index in [0.29, 0.717) is 45.0 Å². The van der Waals surface area contributed by atoms with Crippen LogP contribution < -0.4 is 5.32 Å². The molecule has 1 aliphatic carbocycles. The molecule has 0 aromatic heterocycles. The van der Waals surface area contributed by atoms with Crippen molar-refractivity contribution in [1.82, 2.24) is 14.5 Å². The Morgan fingerprint density at radius 2 is 1.62 bits per heavy atom. The number of carbonyl (C=O) groups is 2. The molecule has 1 aromatic rings. The third-order valence-electron chi connectivity index (χ3n) is 6.80. The predicted molar refractivity (Wildman–Crippen MR) is 120 cm³/mol. The molecule has 1 saturated carbocycles. The number of morpholine rings is 1. The molecule has 8 nitrogen and oxygen atoms in total. The van der Waals surface area contributed by atoms with Crippen LogP contribution in [-0.4, -0.2) is 74.9 Å². The highest BCUT2D eigenvalue weighted by atomic mass is 32.2. The largest absolute Gasteiger partial charge is 0.379 e. The molecular formula is C23H33N3O5S. The topological polar surface area (TPSA) is 96.0 Å². The van der Waals surface area contributed by atoms with Crippen LogP contribution in [0.25, 0.3) is 0 Å². The first-order valence-corrected chi connectivity index (χ1v) is 13.2. The number of sulfonamides is 1. The molecular weight excluding hydrogens is 430 g/mol. The lowest BCUT2D eigenvalue weighted by molar-refractivity contribution is -0.137. The van der Waals surface area contributed by atoms with Gasteiger partial charge in [0.1, 0.15) is 0 Å². The molecule has 0 bridgehead atoms. The van der Waals surface area contributed by atoms with Crippen molar-refractivity contribution < 1.29 is 22.7 Å². The van der Waals surface area contributed by atoms with Crippen molar-refractivity contribution in [3.05, 3.63) is 29.8 Å². The van der Waals surface area contributed by atoms with Crippen LogP contribution in [0.3, 0.4) is 0 Å². The van der Waals surface area contributed by atoms with Gasteiger partial charge in [0.2, 0.25) is 15.9 Å². The number of hydrogen-bond donors (Lipinski definition) is 1. The van der Waals surface area contributed by atoms with Gasteiger partial charge in [0, 0.05) is 43.7 Å². The lowest BCUT2D eigenvalue weighted by Gasteiger charge is -2.35. The second-order valence-electron chi connectivity index (χ2n) is 8.95. The molecule has 1 N–H and O–H groups in total. The second kappa shape index (κ2) is 10.3. The van der Waals surface area contributed by atoms with Gasteiger partial charge in [0.15, 0.2) is 0 Å². The number of nitrogens with zero attached hydrogens (tertiary/aromatic N) is 2. The molecule has 0 atom stereocenters. The van der Waals surface area contributed by atoms with E-state index >= 15 is 0 Å². The predicted octanol–water partition coefficient (Wildman–Crippen LogP) is 2.01. The molecule has 4 rings (SSSR count). The van der Waals surface area contributed by atoms with Crippen LogP contribution in [0.5, 0.6) is 0 Å². The van der Waals surface area contributed by atoms with Crippen LogP contribution >= 0.6 is 0 Å². The Balaban J connectivity index is 1.33. The summed E-state index contributed by atoms with van der Waals surface area (Å²) in [7, 11) is -3.65. The Morgan fingerprint density at radius 3 is 2.31 bits per heavy atom. The maximum absolute atomic E-state index is 12.9. The Bertz CT molecular complexity index is 915. The normalized spacial score (nSPS) is 21.9. The maximum Gasteiger partial charge on any atom is 0.251 e. The molecule has 2 heterocycles. The quantitative estimate of drug-likeness (QED) is 0.721. The first kappa shape index (κ1) is 23.2. The monoisotopic (exact) mass is 463 g/mol. The summed E-state index contributed by atoms with van der Waals surface area (Å²) in [6, 6.07) is 6.19. The molecule has 176 valence electrons. The van der Waals surface area contributed by atoms with Crippen molar-refractivity contribution in [1.29, 1.82) is 0 Å². The minimum atomic E-state index is -3.65. The van der Waals surface area contributed by atoms with Crippen molar-refractivity contribution in [3.8, 4) is 0 Å². The summed E-state index contributed by atoms with van der Waals surface area (Å²) in [6.07, 6.45) is 6.95. The number of piperidine rings is 1. The van der Waals surface area contributed by atoms with Gasteiger partial charge in [-0.05, 0) is 43.9 Å². The number of likely N-dealkylation sites (tertiary alicyclic amines) is 1. The summed E-state index contributed by atoms with van der Waals surface area (Å²) in [6.45, 7) is 2.70. The van der Waals surface area contributed by atoms with Crippen molar-refractivity contribution in [2.75, 3.05) is 39.4 Å². The summed E-state index contributed by atoms with van der Waals surface area (Å²) in [5.74, 6) is 0.169. The number of ether oxygens (including phenoxy) is 1. The van der Waals surface area contributed by atoms with E-state index in [2.05, 4.69) is 5.32 Å². The SMILES string of the molecule is O=C(NC1CCN(C(=O)C2CCCCC2)CC1)c1cccc(S(=O)(=O)N2CCOCC2)c1. The first-order chi connectivity index (χ1) is 15.4. The van der Waals surface area contributed by atoms with Crippen molar-refractivity contribution >= 4 is 21.8 Å². The molecule has 32 heavy (non-hydrogen) atoms. The van der Waals surface area contributed by atoms with E-state index in [1.54, 1.807) is 12.1 Å². The fraction of sp³-hybridized carbons (Fsp3) is 0.652. The van der Waals surface area contributed by atoms with Gasteiger partial charge in [-0.3, -0.25) is 9.59 Å². The standard InChI is InChI=1S/C23H33N3O5S/c27-22(19-7-4-8-21(17-19)32(29,30)26-13-15-31-16-14-26)24-20-9-11-25(12-10-20)23(28)18-5-2-1-3-6-18/h4,7-8,17-18,20H,1-3,5-6,9-16H2,(H,24,27). The zero-order chi connectivity index (χ0) is 22.6. The minimum Gasteiger partial charge on any atom is -0.379 e. The highest BCUT2D eigenvalue weighted by Crippen LogP contribution is 2.27. The van der Waals surface area contributed by atoms with Crippen molar-refractivity contribution in [3.63, 3.8) is 0 Å². The van der Waals surface area contributed by atoms with E-state index in [0.717, 1.165) is 38.5 Å². The average Bonchev–Trinajstić information content (AvgIpc) is 2.85. The average molecular weight is 464 g/mol. The third kappa shape index (κ3) is 5.32. The summed E-state index contributed by atoms with van der Waals surface area (Å²) in [4.78, 5) is 27.6. The summed E-state index contributed by atoms with van der Waals surface area (Å²) in [5.41, 5.74) is 0.333.